The lowest BCUT2D eigenvalue weighted by Gasteiger charge is -2.13. The van der Waals surface area contributed by atoms with Gasteiger partial charge in [0.15, 0.2) is 0 Å². The van der Waals surface area contributed by atoms with Crippen molar-refractivity contribution < 1.29 is 19.1 Å². The maximum Gasteiger partial charge on any atom is 0.343 e. The number of carbonyl (C=O) groups excluding carboxylic acids is 2. The van der Waals surface area contributed by atoms with E-state index in [9.17, 15) is 9.59 Å². The van der Waals surface area contributed by atoms with Crippen LogP contribution in [0.5, 0.6) is 11.5 Å². The minimum absolute atomic E-state index is 0.184. The van der Waals surface area contributed by atoms with E-state index in [-0.39, 0.29) is 11.9 Å². The lowest BCUT2D eigenvalue weighted by molar-refractivity contribution is -0.134. The third-order valence-corrected chi connectivity index (χ3v) is 6.47. The first kappa shape index (κ1) is 27.2. The van der Waals surface area contributed by atoms with Gasteiger partial charge in [0.25, 0.3) is 0 Å². The summed E-state index contributed by atoms with van der Waals surface area (Å²) in [5.41, 5.74) is 3.62. The monoisotopic (exact) mass is 486 g/mol. The van der Waals surface area contributed by atoms with Crippen LogP contribution in [-0.2, 0) is 11.2 Å². The largest absolute Gasteiger partial charge is 0.427 e. The lowest BCUT2D eigenvalue weighted by Crippen LogP contribution is -2.12. The summed E-state index contributed by atoms with van der Waals surface area (Å²) in [4.78, 5) is 24.9. The van der Waals surface area contributed by atoms with E-state index in [0.29, 0.717) is 29.4 Å². The van der Waals surface area contributed by atoms with Crippen LogP contribution in [0, 0.1) is 5.92 Å². The van der Waals surface area contributed by atoms with E-state index < -0.39 is 0 Å². The standard InChI is InChI=1S/C32H38O4/c1-4-6-7-8-9-14-31(33)35-28-19-15-25(16-20-28)26-17-21-29(22-18-26)36-32(34)30-13-11-10-12-27(30)23-24(3)5-2/h10-13,15-22,24H,4-9,14,23H2,1-3H3/t24-/m0/s1. The summed E-state index contributed by atoms with van der Waals surface area (Å²) in [5.74, 6) is 1.04. The number of benzene rings is 3. The van der Waals surface area contributed by atoms with E-state index in [2.05, 4.69) is 20.8 Å². The smallest absolute Gasteiger partial charge is 0.343 e. The fourth-order valence-electron chi connectivity index (χ4n) is 4.07. The van der Waals surface area contributed by atoms with Gasteiger partial charge in [0, 0.05) is 6.42 Å². The summed E-state index contributed by atoms with van der Waals surface area (Å²) in [5, 5.41) is 0. The van der Waals surface area contributed by atoms with E-state index in [0.717, 1.165) is 42.4 Å². The molecule has 0 N–H and O–H groups in total. The third-order valence-electron chi connectivity index (χ3n) is 6.47. The quantitative estimate of drug-likeness (QED) is 0.138. The normalized spacial score (nSPS) is 11.6. The molecule has 3 aromatic carbocycles. The number of carbonyl (C=O) groups is 2. The second kappa shape index (κ2) is 14.2. The van der Waals surface area contributed by atoms with E-state index in [1.165, 1.54) is 19.3 Å². The van der Waals surface area contributed by atoms with Crippen LogP contribution in [-0.4, -0.2) is 11.9 Å². The molecule has 0 aliphatic carbocycles. The molecule has 0 amide bonds. The molecule has 0 heterocycles. The van der Waals surface area contributed by atoms with Crippen molar-refractivity contribution in [1.29, 1.82) is 0 Å². The minimum Gasteiger partial charge on any atom is -0.427 e. The zero-order valence-electron chi connectivity index (χ0n) is 21.8. The van der Waals surface area contributed by atoms with Crippen LogP contribution in [0.3, 0.4) is 0 Å². The van der Waals surface area contributed by atoms with Crippen molar-refractivity contribution in [2.75, 3.05) is 0 Å². The molecule has 4 nitrogen and oxygen atoms in total. The Hall–Kier alpha value is -3.40. The van der Waals surface area contributed by atoms with Gasteiger partial charge in [0.2, 0.25) is 0 Å². The van der Waals surface area contributed by atoms with Gasteiger partial charge in [-0.05, 0) is 65.8 Å². The van der Waals surface area contributed by atoms with Gasteiger partial charge in [-0.1, -0.05) is 95.3 Å². The van der Waals surface area contributed by atoms with Gasteiger partial charge >= 0.3 is 11.9 Å². The second-order valence-electron chi connectivity index (χ2n) is 9.45. The first-order valence-electron chi connectivity index (χ1n) is 13.2. The molecule has 0 spiro atoms. The highest BCUT2D eigenvalue weighted by Crippen LogP contribution is 2.26. The molecule has 3 aromatic rings. The predicted octanol–water partition coefficient (Wildman–Crippen LogP) is 8.43. The number of ether oxygens (including phenoxy) is 2. The number of hydrogen-bond acceptors (Lipinski definition) is 4. The molecule has 4 heteroatoms. The molecule has 36 heavy (non-hydrogen) atoms. The van der Waals surface area contributed by atoms with Gasteiger partial charge in [-0.2, -0.15) is 0 Å². The van der Waals surface area contributed by atoms with E-state index in [4.69, 9.17) is 9.47 Å². The molecule has 0 saturated carbocycles. The number of esters is 2. The fourth-order valence-corrected chi connectivity index (χ4v) is 4.07. The molecule has 0 aromatic heterocycles. The number of unbranched alkanes of at least 4 members (excludes halogenated alkanes) is 4. The highest BCUT2D eigenvalue weighted by Gasteiger charge is 2.15. The Morgan fingerprint density at radius 2 is 1.31 bits per heavy atom. The summed E-state index contributed by atoms with van der Waals surface area (Å²) < 4.78 is 11.1. The second-order valence-corrected chi connectivity index (χ2v) is 9.45. The Bertz CT molecular complexity index is 1100. The number of hydrogen-bond donors (Lipinski definition) is 0. The Labute approximate surface area is 215 Å². The Morgan fingerprint density at radius 3 is 1.92 bits per heavy atom. The van der Waals surface area contributed by atoms with Gasteiger partial charge in [-0.25, -0.2) is 4.79 Å². The van der Waals surface area contributed by atoms with Crippen LogP contribution < -0.4 is 9.47 Å². The van der Waals surface area contributed by atoms with Crippen LogP contribution in [0.4, 0.5) is 0 Å². The zero-order chi connectivity index (χ0) is 25.8. The molecule has 0 fully saturated rings. The third kappa shape index (κ3) is 8.37. The Balaban J connectivity index is 1.55. The van der Waals surface area contributed by atoms with Crippen molar-refractivity contribution >= 4 is 11.9 Å². The molecular weight excluding hydrogens is 448 g/mol. The molecule has 0 unspecified atom stereocenters. The highest BCUT2D eigenvalue weighted by molar-refractivity contribution is 5.92. The molecule has 190 valence electrons. The highest BCUT2D eigenvalue weighted by atomic mass is 16.5. The van der Waals surface area contributed by atoms with Crippen molar-refractivity contribution in [2.24, 2.45) is 5.92 Å². The van der Waals surface area contributed by atoms with Crippen molar-refractivity contribution in [1.82, 2.24) is 0 Å². The fraction of sp³-hybridized carbons (Fsp3) is 0.375. The van der Waals surface area contributed by atoms with Gasteiger partial charge in [0.1, 0.15) is 11.5 Å². The summed E-state index contributed by atoms with van der Waals surface area (Å²) >= 11 is 0. The van der Waals surface area contributed by atoms with Crippen molar-refractivity contribution in [2.45, 2.75) is 72.1 Å². The van der Waals surface area contributed by atoms with Gasteiger partial charge in [0.05, 0.1) is 5.56 Å². The topological polar surface area (TPSA) is 52.6 Å². The summed E-state index contributed by atoms with van der Waals surface area (Å²) in [6.07, 6.45) is 7.88. The van der Waals surface area contributed by atoms with Crippen molar-refractivity contribution in [3.05, 3.63) is 83.9 Å². The van der Waals surface area contributed by atoms with Crippen molar-refractivity contribution in [3.63, 3.8) is 0 Å². The van der Waals surface area contributed by atoms with Crippen molar-refractivity contribution in [3.8, 4) is 22.6 Å². The Morgan fingerprint density at radius 1 is 0.722 bits per heavy atom. The molecule has 0 saturated heterocycles. The molecule has 0 aliphatic rings. The molecule has 3 rings (SSSR count). The first-order chi connectivity index (χ1) is 17.5. The maximum absolute atomic E-state index is 12.8. The van der Waals surface area contributed by atoms with Gasteiger partial charge in [-0.3, -0.25) is 4.79 Å². The molecule has 0 radical (unpaired) electrons. The maximum atomic E-state index is 12.8. The van der Waals surface area contributed by atoms with Crippen LogP contribution in [0.2, 0.25) is 0 Å². The zero-order valence-corrected chi connectivity index (χ0v) is 21.8. The van der Waals surface area contributed by atoms with E-state index in [1.807, 2.05) is 60.7 Å². The number of rotatable bonds is 13. The first-order valence-corrected chi connectivity index (χ1v) is 13.2. The lowest BCUT2D eigenvalue weighted by atomic mass is 9.95. The average molecular weight is 487 g/mol. The minimum atomic E-state index is -0.335. The van der Waals surface area contributed by atoms with E-state index in [1.54, 1.807) is 12.1 Å². The Kier molecular flexibility index (Phi) is 10.7. The summed E-state index contributed by atoms with van der Waals surface area (Å²) in [6.45, 7) is 6.52. The van der Waals surface area contributed by atoms with Crippen LogP contribution in [0.25, 0.3) is 11.1 Å². The van der Waals surface area contributed by atoms with Gasteiger partial charge < -0.3 is 9.47 Å². The van der Waals surface area contributed by atoms with Gasteiger partial charge in [-0.15, -0.1) is 0 Å². The predicted molar refractivity (Wildman–Crippen MR) is 145 cm³/mol. The molecule has 0 aliphatic heterocycles. The molecule has 1 atom stereocenters. The molecular formula is C32H38O4. The SMILES string of the molecule is CCCCCCCC(=O)Oc1ccc(-c2ccc(OC(=O)c3ccccc3C[C@@H](C)CC)cc2)cc1. The van der Waals surface area contributed by atoms with Crippen LogP contribution >= 0.6 is 0 Å². The van der Waals surface area contributed by atoms with E-state index >= 15 is 0 Å². The average Bonchev–Trinajstić information content (AvgIpc) is 2.89. The van der Waals surface area contributed by atoms with Crippen LogP contribution in [0.15, 0.2) is 72.8 Å². The summed E-state index contributed by atoms with van der Waals surface area (Å²) in [6, 6.07) is 22.6. The summed E-state index contributed by atoms with van der Waals surface area (Å²) in [7, 11) is 0. The van der Waals surface area contributed by atoms with Crippen LogP contribution in [0.1, 0.15) is 81.6 Å². The molecule has 0 bridgehead atoms.